The molecule has 0 aliphatic carbocycles. The van der Waals surface area contributed by atoms with E-state index in [4.69, 9.17) is 5.11 Å². The highest BCUT2D eigenvalue weighted by molar-refractivity contribution is 5.95. The zero-order chi connectivity index (χ0) is 11.4. The normalized spacial score (nSPS) is 10.1. The maximum absolute atomic E-state index is 11.9. The Bertz CT molecular complexity index is 366. The molecule has 0 aliphatic heterocycles. The van der Waals surface area contributed by atoms with E-state index in [-0.39, 0.29) is 12.5 Å². The summed E-state index contributed by atoms with van der Waals surface area (Å²) in [5.74, 6) is -0.139. The van der Waals surface area contributed by atoms with E-state index in [1.165, 1.54) is 4.90 Å². The molecular formula is C10H15N3O2. The van der Waals surface area contributed by atoms with Crippen LogP contribution in [0, 0.1) is 13.8 Å². The van der Waals surface area contributed by atoms with E-state index in [2.05, 4.69) is 10.2 Å². The first-order chi connectivity index (χ1) is 7.06. The predicted molar refractivity (Wildman–Crippen MR) is 55.6 cm³/mol. The van der Waals surface area contributed by atoms with Gasteiger partial charge in [-0.15, -0.1) is 0 Å². The summed E-state index contributed by atoms with van der Waals surface area (Å²) >= 11 is 0. The zero-order valence-electron chi connectivity index (χ0n) is 9.19. The summed E-state index contributed by atoms with van der Waals surface area (Å²) in [4.78, 5) is 13.3. The summed E-state index contributed by atoms with van der Waals surface area (Å²) < 4.78 is 0. The van der Waals surface area contributed by atoms with Gasteiger partial charge in [-0.2, -0.15) is 10.2 Å². The van der Waals surface area contributed by atoms with Crippen LogP contribution in [0.15, 0.2) is 6.07 Å². The Morgan fingerprint density at radius 1 is 1.47 bits per heavy atom. The first kappa shape index (κ1) is 11.6. The van der Waals surface area contributed by atoms with Crippen molar-refractivity contribution in [3.63, 3.8) is 0 Å². The van der Waals surface area contributed by atoms with Crippen molar-refractivity contribution in [3.05, 3.63) is 23.0 Å². The van der Waals surface area contributed by atoms with Crippen molar-refractivity contribution in [3.8, 4) is 0 Å². The number of carbonyl (C=O) groups excluding carboxylic acids is 1. The Morgan fingerprint density at radius 3 is 2.73 bits per heavy atom. The SMILES string of the molecule is Cc1cc(C(=O)N(C)CCO)c(C)nn1. The largest absolute Gasteiger partial charge is 0.395 e. The highest BCUT2D eigenvalue weighted by Crippen LogP contribution is 2.07. The summed E-state index contributed by atoms with van der Waals surface area (Å²) in [7, 11) is 1.65. The van der Waals surface area contributed by atoms with E-state index >= 15 is 0 Å². The number of carbonyl (C=O) groups is 1. The molecule has 1 aromatic rings. The van der Waals surface area contributed by atoms with Gasteiger partial charge in [-0.3, -0.25) is 4.79 Å². The van der Waals surface area contributed by atoms with Gasteiger partial charge in [0.05, 0.1) is 23.6 Å². The summed E-state index contributed by atoms with van der Waals surface area (Å²) in [5.41, 5.74) is 1.86. The molecule has 0 atom stereocenters. The highest BCUT2D eigenvalue weighted by Gasteiger charge is 2.14. The molecule has 1 aromatic heterocycles. The molecule has 1 rings (SSSR count). The molecule has 0 unspecified atom stereocenters. The standard InChI is InChI=1S/C10H15N3O2/c1-7-6-9(8(2)12-11-7)10(15)13(3)4-5-14/h6,14H,4-5H2,1-3H3. The smallest absolute Gasteiger partial charge is 0.255 e. The van der Waals surface area contributed by atoms with Crippen molar-refractivity contribution in [1.29, 1.82) is 0 Å². The molecular weight excluding hydrogens is 194 g/mol. The second-order valence-corrected chi connectivity index (χ2v) is 3.44. The minimum Gasteiger partial charge on any atom is -0.395 e. The summed E-state index contributed by atoms with van der Waals surface area (Å²) in [6.45, 7) is 3.81. The Labute approximate surface area is 88.7 Å². The van der Waals surface area contributed by atoms with E-state index in [1.54, 1.807) is 27.0 Å². The molecule has 0 saturated carbocycles. The predicted octanol–water partition coefficient (Wildman–Crippen LogP) is 0.158. The number of amides is 1. The van der Waals surface area contributed by atoms with E-state index in [1.807, 2.05) is 0 Å². The van der Waals surface area contributed by atoms with E-state index in [0.717, 1.165) is 0 Å². The summed E-state index contributed by atoms with van der Waals surface area (Å²) in [6.07, 6.45) is 0. The molecule has 5 nitrogen and oxygen atoms in total. The van der Waals surface area contributed by atoms with Crippen LogP contribution in [0.1, 0.15) is 21.7 Å². The fourth-order valence-electron chi connectivity index (χ4n) is 1.22. The zero-order valence-corrected chi connectivity index (χ0v) is 9.19. The Morgan fingerprint density at radius 2 is 2.13 bits per heavy atom. The fourth-order valence-corrected chi connectivity index (χ4v) is 1.22. The maximum Gasteiger partial charge on any atom is 0.255 e. The van der Waals surface area contributed by atoms with Crippen LogP contribution in [-0.2, 0) is 0 Å². The van der Waals surface area contributed by atoms with E-state index in [9.17, 15) is 4.79 Å². The molecule has 0 aromatic carbocycles. The number of nitrogens with zero attached hydrogens (tertiary/aromatic N) is 3. The lowest BCUT2D eigenvalue weighted by Crippen LogP contribution is -2.30. The minimum atomic E-state index is -0.139. The van der Waals surface area contributed by atoms with Crippen molar-refractivity contribution >= 4 is 5.91 Å². The van der Waals surface area contributed by atoms with Crippen molar-refractivity contribution in [1.82, 2.24) is 15.1 Å². The van der Waals surface area contributed by atoms with Gasteiger partial charge in [0.1, 0.15) is 0 Å². The number of hydrogen-bond donors (Lipinski definition) is 1. The molecule has 0 saturated heterocycles. The van der Waals surface area contributed by atoms with Gasteiger partial charge in [0, 0.05) is 13.6 Å². The van der Waals surface area contributed by atoms with Crippen molar-refractivity contribution in [2.24, 2.45) is 0 Å². The van der Waals surface area contributed by atoms with Crippen LogP contribution in [0.2, 0.25) is 0 Å². The van der Waals surface area contributed by atoms with Gasteiger partial charge < -0.3 is 10.0 Å². The van der Waals surface area contributed by atoms with Gasteiger partial charge in [0.2, 0.25) is 0 Å². The lowest BCUT2D eigenvalue weighted by molar-refractivity contribution is 0.0765. The number of likely N-dealkylation sites (N-methyl/N-ethyl adjacent to an activating group) is 1. The van der Waals surface area contributed by atoms with Gasteiger partial charge in [0.15, 0.2) is 0 Å². The van der Waals surface area contributed by atoms with Gasteiger partial charge in [-0.25, -0.2) is 0 Å². The molecule has 0 bridgehead atoms. The Kier molecular flexibility index (Phi) is 3.74. The second-order valence-electron chi connectivity index (χ2n) is 3.44. The van der Waals surface area contributed by atoms with Crippen LogP contribution in [0.3, 0.4) is 0 Å². The minimum absolute atomic E-state index is 0.0429. The quantitative estimate of drug-likeness (QED) is 0.770. The molecule has 0 fully saturated rings. The number of aromatic nitrogens is 2. The average Bonchev–Trinajstić information content (AvgIpc) is 2.21. The molecule has 1 heterocycles. The molecule has 82 valence electrons. The Balaban J connectivity index is 2.95. The third-order valence-corrected chi connectivity index (χ3v) is 2.11. The van der Waals surface area contributed by atoms with Gasteiger partial charge in [-0.1, -0.05) is 0 Å². The molecule has 0 aliphatic rings. The third kappa shape index (κ3) is 2.73. The average molecular weight is 209 g/mol. The third-order valence-electron chi connectivity index (χ3n) is 2.11. The molecule has 0 radical (unpaired) electrons. The number of aliphatic hydroxyl groups excluding tert-OH is 1. The molecule has 1 N–H and O–H groups in total. The lowest BCUT2D eigenvalue weighted by atomic mass is 10.2. The lowest BCUT2D eigenvalue weighted by Gasteiger charge is -2.16. The topological polar surface area (TPSA) is 66.3 Å². The van der Waals surface area contributed by atoms with E-state index < -0.39 is 0 Å². The van der Waals surface area contributed by atoms with Crippen molar-refractivity contribution in [2.75, 3.05) is 20.2 Å². The Hall–Kier alpha value is -1.49. The van der Waals surface area contributed by atoms with Gasteiger partial charge >= 0.3 is 0 Å². The monoisotopic (exact) mass is 209 g/mol. The van der Waals surface area contributed by atoms with Crippen LogP contribution < -0.4 is 0 Å². The second kappa shape index (κ2) is 4.84. The van der Waals surface area contributed by atoms with Crippen molar-refractivity contribution < 1.29 is 9.90 Å². The summed E-state index contributed by atoms with van der Waals surface area (Å²) in [6, 6.07) is 1.71. The number of aryl methyl sites for hydroxylation is 2. The molecule has 1 amide bonds. The van der Waals surface area contributed by atoms with Crippen LogP contribution in [0.5, 0.6) is 0 Å². The van der Waals surface area contributed by atoms with Crippen LogP contribution in [-0.4, -0.2) is 46.3 Å². The number of hydrogen-bond acceptors (Lipinski definition) is 4. The van der Waals surface area contributed by atoms with Crippen molar-refractivity contribution in [2.45, 2.75) is 13.8 Å². The molecule has 15 heavy (non-hydrogen) atoms. The van der Waals surface area contributed by atoms with Crippen LogP contribution in [0.25, 0.3) is 0 Å². The fraction of sp³-hybridized carbons (Fsp3) is 0.500. The van der Waals surface area contributed by atoms with Crippen LogP contribution in [0.4, 0.5) is 0 Å². The maximum atomic E-state index is 11.9. The molecule has 5 heteroatoms. The number of aliphatic hydroxyl groups is 1. The van der Waals surface area contributed by atoms with E-state index in [0.29, 0.717) is 23.5 Å². The van der Waals surface area contributed by atoms with Gasteiger partial charge in [-0.05, 0) is 19.9 Å². The first-order valence-corrected chi connectivity index (χ1v) is 4.73. The number of rotatable bonds is 3. The summed E-state index contributed by atoms with van der Waals surface area (Å²) in [5, 5.41) is 16.5. The highest BCUT2D eigenvalue weighted by atomic mass is 16.3. The first-order valence-electron chi connectivity index (χ1n) is 4.73. The van der Waals surface area contributed by atoms with Gasteiger partial charge in [0.25, 0.3) is 5.91 Å². The molecule has 0 spiro atoms. The van der Waals surface area contributed by atoms with Crippen LogP contribution >= 0.6 is 0 Å².